The van der Waals surface area contributed by atoms with Crippen LogP contribution < -0.4 is 11.2 Å². The molecule has 28 heavy (non-hydrogen) atoms. The zero-order valence-corrected chi connectivity index (χ0v) is 17.3. The van der Waals surface area contributed by atoms with Crippen LogP contribution in [0.4, 0.5) is 0 Å². The summed E-state index contributed by atoms with van der Waals surface area (Å²) in [7, 11) is 1.22. The molecule has 6 nitrogen and oxygen atoms in total. The van der Waals surface area contributed by atoms with Gasteiger partial charge < -0.3 is 4.74 Å². The van der Waals surface area contributed by atoms with E-state index in [4.69, 9.17) is 23.2 Å². The second-order valence-corrected chi connectivity index (χ2v) is 8.54. The van der Waals surface area contributed by atoms with E-state index in [1.807, 2.05) is 0 Å². The van der Waals surface area contributed by atoms with Crippen LogP contribution in [-0.2, 0) is 35.5 Å². The Morgan fingerprint density at radius 1 is 1.21 bits per heavy atom. The third kappa shape index (κ3) is 3.17. The first-order valence-corrected chi connectivity index (χ1v) is 10.3. The van der Waals surface area contributed by atoms with Crippen LogP contribution in [0.3, 0.4) is 0 Å². The Kier molecular flexibility index (Phi) is 5.07. The highest BCUT2D eigenvalue weighted by molar-refractivity contribution is 7.18. The van der Waals surface area contributed by atoms with E-state index in [1.165, 1.54) is 23.0 Å². The molecule has 0 unspecified atom stereocenters. The van der Waals surface area contributed by atoms with Crippen molar-refractivity contribution in [1.82, 2.24) is 9.13 Å². The second kappa shape index (κ2) is 7.39. The van der Waals surface area contributed by atoms with E-state index in [0.29, 0.717) is 25.8 Å². The van der Waals surface area contributed by atoms with Crippen LogP contribution in [0.15, 0.2) is 27.8 Å². The van der Waals surface area contributed by atoms with Gasteiger partial charge in [0.1, 0.15) is 11.4 Å². The number of rotatable bonds is 4. The summed E-state index contributed by atoms with van der Waals surface area (Å²) in [6, 6.07) is 5.06. The second-order valence-electron chi connectivity index (χ2n) is 6.61. The number of fused-ring (bicyclic) bond motifs is 3. The predicted molar refractivity (Wildman–Crippen MR) is 110 cm³/mol. The van der Waals surface area contributed by atoms with Gasteiger partial charge >= 0.3 is 11.7 Å². The lowest BCUT2D eigenvalue weighted by molar-refractivity contribution is -0.141. The van der Waals surface area contributed by atoms with Crippen molar-refractivity contribution in [2.45, 2.75) is 32.4 Å². The van der Waals surface area contributed by atoms with E-state index >= 15 is 0 Å². The molecule has 2 heterocycles. The minimum absolute atomic E-state index is 0.173. The van der Waals surface area contributed by atoms with Crippen LogP contribution in [0.1, 0.15) is 22.4 Å². The highest BCUT2D eigenvalue weighted by atomic mass is 35.5. The summed E-state index contributed by atoms with van der Waals surface area (Å²) in [4.78, 5) is 39.7. The van der Waals surface area contributed by atoms with Gasteiger partial charge in [-0.15, -0.1) is 11.3 Å². The van der Waals surface area contributed by atoms with Gasteiger partial charge in [-0.2, -0.15) is 0 Å². The van der Waals surface area contributed by atoms with Crippen molar-refractivity contribution in [2.75, 3.05) is 7.11 Å². The summed E-state index contributed by atoms with van der Waals surface area (Å²) < 4.78 is 7.12. The molecule has 0 atom stereocenters. The Balaban J connectivity index is 1.97. The maximum Gasteiger partial charge on any atom is 0.332 e. The van der Waals surface area contributed by atoms with Crippen molar-refractivity contribution < 1.29 is 9.53 Å². The number of carbonyl (C=O) groups is 1. The van der Waals surface area contributed by atoms with Crippen LogP contribution in [0.25, 0.3) is 10.2 Å². The number of esters is 1. The number of hydrogen-bond donors (Lipinski definition) is 0. The SMILES string of the molecule is COC(=O)Cn1c(=O)c2c3c(sc2n(Cc2ccc(Cl)cc2Cl)c1=O)CCC3. The molecular weight excluding hydrogens is 423 g/mol. The molecule has 2 aromatic heterocycles. The Morgan fingerprint density at radius 2 is 2.00 bits per heavy atom. The summed E-state index contributed by atoms with van der Waals surface area (Å²) in [5.41, 5.74) is 0.683. The normalized spacial score (nSPS) is 13.1. The van der Waals surface area contributed by atoms with Crippen LogP contribution in [0.2, 0.25) is 10.0 Å². The molecular formula is C19H16Cl2N2O4S. The third-order valence-electron chi connectivity index (χ3n) is 4.93. The first kappa shape index (κ1) is 19.2. The highest BCUT2D eigenvalue weighted by Crippen LogP contribution is 2.35. The summed E-state index contributed by atoms with van der Waals surface area (Å²) in [6.07, 6.45) is 2.67. The molecule has 0 bridgehead atoms. The quantitative estimate of drug-likeness (QED) is 0.586. The number of methoxy groups -OCH3 is 1. The average Bonchev–Trinajstić information content (AvgIpc) is 3.24. The molecule has 0 aliphatic heterocycles. The van der Waals surface area contributed by atoms with Gasteiger partial charge in [0.25, 0.3) is 5.56 Å². The smallest absolute Gasteiger partial charge is 0.332 e. The molecule has 1 aliphatic rings. The van der Waals surface area contributed by atoms with Crippen molar-refractivity contribution in [2.24, 2.45) is 0 Å². The molecule has 0 spiro atoms. The Bertz CT molecular complexity index is 1230. The maximum atomic E-state index is 13.1. The number of benzene rings is 1. The molecule has 1 aliphatic carbocycles. The Labute approximate surface area is 173 Å². The molecule has 3 aromatic rings. The van der Waals surface area contributed by atoms with Crippen molar-refractivity contribution in [3.05, 3.63) is 65.1 Å². The minimum atomic E-state index is -0.651. The molecule has 0 saturated heterocycles. The van der Waals surface area contributed by atoms with Gasteiger partial charge in [-0.1, -0.05) is 29.3 Å². The third-order valence-corrected chi connectivity index (χ3v) is 6.83. The van der Waals surface area contributed by atoms with Gasteiger partial charge in [-0.25, -0.2) is 9.36 Å². The number of aryl methyl sites for hydroxylation is 2. The van der Waals surface area contributed by atoms with Gasteiger partial charge in [-0.05, 0) is 42.5 Å². The fourth-order valence-electron chi connectivity index (χ4n) is 3.55. The van der Waals surface area contributed by atoms with Crippen LogP contribution in [0.5, 0.6) is 0 Å². The zero-order chi connectivity index (χ0) is 20.0. The molecule has 1 aromatic carbocycles. The molecule has 0 amide bonds. The number of hydrogen-bond acceptors (Lipinski definition) is 5. The summed E-state index contributed by atoms with van der Waals surface area (Å²) >= 11 is 13.7. The molecule has 146 valence electrons. The van der Waals surface area contributed by atoms with E-state index in [9.17, 15) is 14.4 Å². The number of halogens is 2. The van der Waals surface area contributed by atoms with E-state index < -0.39 is 23.8 Å². The van der Waals surface area contributed by atoms with E-state index in [2.05, 4.69) is 4.74 Å². The molecule has 0 saturated carbocycles. The predicted octanol–water partition coefficient (Wildman–Crippen LogP) is 3.24. The molecule has 0 N–H and O–H groups in total. The summed E-state index contributed by atoms with van der Waals surface area (Å²) in [6.45, 7) is -0.255. The molecule has 0 fully saturated rings. The fraction of sp³-hybridized carbons (Fsp3) is 0.316. The minimum Gasteiger partial charge on any atom is -0.468 e. The highest BCUT2D eigenvalue weighted by Gasteiger charge is 2.25. The lowest BCUT2D eigenvalue weighted by Crippen LogP contribution is -2.42. The van der Waals surface area contributed by atoms with E-state index in [0.717, 1.165) is 34.3 Å². The summed E-state index contributed by atoms with van der Waals surface area (Å²) in [5.74, 6) is -0.651. The molecule has 0 radical (unpaired) electrons. The van der Waals surface area contributed by atoms with Gasteiger partial charge in [0, 0.05) is 14.9 Å². The first-order chi connectivity index (χ1) is 13.4. The standard InChI is InChI=1S/C19H16Cl2N2O4S/c1-27-15(24)9-22-17(25)16-12-3-2-4-14(12)28-18(16)23(19(22)26)8-10-5-6-11(20)7-13(10)21/h5-7H,2-4,8-9H2,1H3. The van der Waals surface area contributed by atoms with Crippen molar-refractivity contribution >= 4 is 50.7 Å². The number of aromatic nitrogens is 2. The zero-order valence-electron chi connectivity index (χ0n) is 15.0. The molecule has 4 rings (SSSR count). The van der Waals surface area contributed by atoms with E-state index in [-0.39, 0.29) is 6.54 Å². The number of carbonyl (C=O) groups excluding carboxylic acids is 1. The Morgan fingerprint density at radius 3 is 2.71 bits per heavy atom. The van der Waals surface area contributed by atoms with Gasteiger partial charge in [-0.3, -0.25) is 14.2 Å². The number of thiophene rings is 1. The molecule has 9 heteroatoms. The monoisotopic (exact) mass is 438 g/mol. The van der Waals surface area contributed by atoms with Crippen molar-refractivity contribution in [3.63, 3.8) is 0 Å². The average molecular weight is 439 g/mol. The van der Waals surface area contributed by atoms with Crippen LogP contribution in [-0.4, -0.2) is 22.2 Å². The summed E-state index contributed by atoms with van der Waals surface area (Å²) in [5, 5.41) is 1.45. The maximum absolute atomic E-state index is 13.1. The van der Waals surface area contributed by atoms with Crippen LogP contribution in [0, 0.1) is 0 Å². The topological polar surface area (TPSA) is 70.3 Å². The van der Waals surface area contributed by atoms with Gasteiger partial charge in [0.05, 0.1) is 19.0 Å². The fourth-order valence-corrected chi connectivity index (χ4v) is 5.39. The lowest BCUT2D eigenvalue weighted by Gasteiger charge is -2.13. The first-order valence-electron chi connectivity index (χ1n) is 8.69. The number of nitrogens with zero attached hydrogens (tertiary/aromatic N) is 2. The van der Waals surface area contributed by atoms with Crippen molar-refractivity contribution in [3.8, 4) is 0 Å². The lowest BCUT2D eigenvalue weighted by atomic mass is 10.2. The number of ether oxygens (including phenoxy) is 1. The van der Waals surface area contributed by atoms with Gasteiger partial charge in [0.2, 0.25) is 0 Å². The van der Waals surface area contributed by atoms with Gasteiger partial charge in [0.15, 0.2) is 0 Å². The Hall–Kier alpha value is -2.09. The van der Waals surface area contributed by atoms with Crippen LogP contribution >= 0.6 is 34.5 Å². The largest absolute Gasteiger partial charge is 0.468 e. The van der Waals surface area contributed by atoms with Crippen molar-refractivity contribution in [1.29, 1.82) is 0 Å². The van der Waals surface area contributed by atoms with E-state index in [1.54, 1.807) is 18.2 Å².